The van der Waals surface area contributed by atoms with Crippen LogP contribution in [0.4, 0.5) is 5.69 Å². The van der Waals surface area contributed by atoms with Crippen LogP contribution < -0.4 is 10.2 Å². The van der Waals surface area contributed by atoms with Crippen molar-refractivity contribution < 1.29 is 0 Å². The maximum atomic E-state index is 3.46. The molecule has 1 fully saturated rings. The van der Waals surface area contributed by atoms with Gasteiger partial charge >= 0.3 is 0 Å². The topological polar surface area (TPSA) is 18.5 Å². The summed E-state index contributed by atoms with van der Waals surface area (Å²) in [4.78, 5) is 4.88. The third-order valence-electron chi connectivity index (χ3n) is 4.46. The van der Waals surface area contributed by atoms with E-state index in [0.717, 1.165) is 12.6 Å². The van der Waals surface area contributed by atoms with Gasteiger partial charge in [0.1, 0.15) is 0 Å². The highest BCUT2D eigenvalue weighted by molar-refractivity contribution is 5.48. The molecule has 1 unspecified atom stereocenters. The first kappa shape index (κ1) is 15.3. The molecule has 1 aromatic rings. The number of piperidine rings is 1. The highest BCUT2D eigenvalue weighted by Gasteiger charge is 2.20. The standard InChI is InChI=1S/C17H29N3/c1-5-18-14(2)15-6-8-17(9-7-15)20-12-10-16(11-13-20)19(3)4/h6-9,14,16,18H,5,10-13H2,1-4H3. The largest absolute Gasteiger partial charge is 0.371 e. The number of nitrogens with one attached hydrogen (secondary N) is 1. The van der Waals surface area contributed by atoms with Crippen LogP contribution in [0.15, 0.2) is 24.3 Å². The second-order valence-corrected chi connectivity index (χ2v) is 6.05. The van der Waals surface area contributed by atoms with Crippen molar-refractivity contribution in [3.8, 4) is 0 Å². The van der Waals surface area contributed by atoms with Crippen LogP contribution in [0.1, 0.15) is 38.3 Å². The fourth-order valence-corrected chi connectivity index (χ4v) is 3.04. The predicted octanol–water partition coefficient (Wildman–Crippen LogP) is 2.89. The van der Waals surface area contributed by atoms with E-state index in [1.807, 2.05) is 0 Å². The van der Waals surface area contributed by atoms with Gasteiger partial charge in [0.25, 0.3) is 0 Å². The SMILES string of the molecule is CCNC(C)c1ccc(N2CCC(N(C)C)CC2)cc1. The molecule has 1 heterocycles. The van der Waals surface area contributed by atoms with E-state index in [-0.39, 0.29) is 0 Å². The minimum Gasteiger partial charge on any atom is -0.371 e. The fraction of sp³-hybridized carbons (Fsp3) is 0.647. The minimum absolute atomic E-state index is 0.438. The van der Waals surface area contributed by atoms with E-state index in [0.29, 0.717) is 6.04 Å². The molecule has 0 amide bonds. The van der Waals surface area contributed by atoms with Crippen molar-refractivity contribution in [1.82, 2.24) is 10.2 Å². The molecule has 1 aliphatic heterocycles. The Labute approximate surface area is 124 Å². The van der Waals surface area contributed by atoms with Crippen molar-refractivity contribution in [2.75, 3.05) is 38.6 Å². The Morgan fingerprint density at radius 3 is 2.30 bits per heavy atom. The van der Waals surface area contributed by atoms with Crippen LogP contribution in [0, 0.1) is 0 Å². The summed E-state index contributed by atoms with van der Waals surface area (Å²) in [5.41, 5.74) is 2.74. The molecule has 0 aromatic heterocycles. The van der Waals surface area contributed by atoms with E-state index < -0.39 is 0 Å². The molecule has 2 rings (SSSR count). The third kappa shape index (κ3) is 3.74. The Balaban J connectivity index is 1.94. The molecule has 3 nitrogen and oxygen atoms in total. The molecular weight excluding hydrogens is 246 g/mol. The van der Waals surface area contributed by atoms with Crippen LogP contribution in [0.5, 0.6) is 0 Å². The van der Waals surface area contributed by atoms with Crippen LogP contribution in [-0.2, 0) is 0 Å². The average Bonchev–Trinajstić information content (AvgIpc) is 2.48. The number of hydrogen-bond donors (Lipinski definition) is 1. The molecule has 1 aliphatic rings. The van der Waals surface area contributed by atoms with Crippen LogP contribution in [0.25, 0.3) is 0 Å². The predicted molar refractivity (Wildman–Crippen MR) is 87.5 cm³/mol. The molecule has 1 atom stereocenters. The van der Waals surface area contributed by atoms with E-state index >= 15 is 0 Å². The van der Waals surface area contributed by atoms with Crippen LogP contribution in [0.3, 0.4) is 0 Å². The summed E-state index contributed by atoms with van der Waals surface area (Å²) in [5, 5.41) is 3.46. The molecule has 0 bridgehead atoms. The lowest BCUT2D eigenvalue weighted by Crippen LogP contribution is -2.41. The summed E-state index contributed by atoms with van der Waals surface area (Å²) < 4.78 is 0. The Morgan fingerprint density at radius 2 is 1.80 bits per heavy atom. The number of hydrogen-bond acceptors (Lipinski definition) is 3. The Bertz CT molecular complexity index is 391. The van der Waals surface area contributed by atoms with Gasteiger partial charge in [-0.1, -0.05) is 19.1 Å². The molecule has 1 aromatic carbocycles. The molecule has 0 saturated carbocycles. The molecule has 3 heteroatoms. The smallest absolute Gasteiger partial charge is 0.0366 e. The lowest BCUT2D eigenvalue weighted by atomic mass is 10.0. The second kappa shape index (κ2) is 7.09. The summed E-state index contributed by atoms with van der Waals surface area (Å²) >= 11 is 0. The van der Waals surface area contributed by atoms with Gasteiger partial charge in [0.05, 0.1) is 0 Å². The van der Waals surface area contributed by atoms with Gasteiger partial charge in [-0.2, -0.15) is 0 Å². The van der Waals surface area contributed by atoms with Gasteiger partial charge in [-0.15, -0.1) is 0 Å². The van der Waals surface area contributed by atoms with E-state index in [1.54, 1.807) is 0 Å². The van der Waals surface area contributed by atoms with E-state index in [9.17, 15) is 0 Å². The summed E-state index contributed by atoms with van der Waals surface area (Å²) in [5.74, 6) is 0. The number of benzene rings is 1. The Kier molecular flexibility index (Phi) is 5.44. The third-order valence-corrected chi connectivity index (χ3v) is 4.46. The molecule has 0 radical (unpaired) electrons. The monoisotopic (exact) mass is 275 g/mol. The van der Waals surface area contributed by atoms with Crippen molar-refractivity contribution in [2.24, 2.45) is 0 Å². The highest BCUT2D eigenvalue weighted by Crippen LogP contribution is 2.23. The van der Waals surface area contributed by atoms with Crippen molar-refractivity contribution in [2.45, 2.75) is 38.8 Å². The first-order chi connectivity index (χ1) is 9.61. The van der Waals surface area contributed by atoms with Gasteiger partial charge in [0.15, 0.2) is 0 Å². The lowest BCUT2D eigenvalue weighted by molar-refractivity contribution is 0.249. The molecule has 0 aliphatic carbocycles. The Hall–Kier alpha value is -1.06. The maximum absolute atomic E-state index is 3.46. The number of rotatable bonds is 5. The molecule has 0 spiro atoms. The van der Waals surface area contributed by atoms with Gasteiger partial charge < -0.3 is 15.1 Å². The zero-order chi connectivity index (χ0) is 14.5. The van der Waals surface area contributed by atoms with Gasteiger partial charge in [-0.25, -0.2) is 0 Å². The van der Waals surface area contributed by atoms with Crippen molar-refractivity contribution in [1.29, 1.82) is 0 Å². The van der Waals surface area contributed by atoms with Crippen LogP contribution in [0.2, 0.25) is 0 Å². The highest BCUT2D eigenvalue weighted by atomic mass is 15.2. The van der Waals surface area contributed by atoms with Crippen LogP contribution in [-0.4, -0.2) is 44.7 Å². The maximum Gasteiger partial charge on any atom is 0.0366 e. The summed E-state index contributed by atoms with van der Waals surface area (Å²) in [6.07, 6.45) is 2.53. The molecule has 112 valence electrons. The zero-order valence-corrected chi connectivity index (χ0v) is 13.4. The summed E-state index contributed by atoms with van der Waals surface area (Å²) in [6.45, 7) is 7.73. The number of anilines is 1. The first-order valence-corrected chi connectivity index (χ1v) is 7.86. The quantitative estimate of drug-likeness (QED) is 0.891. The van der Waals surface area contributed by atoms with E-state index in [4.69, 9.17) is 0 Å². The first-order valence-electron chi connectivity index (χ1n) is 7.86. The van der Waals surface area contributed by atoms with E-state index in [1.165, 1.54) is 37.2 Å². The van der Waals surface area contributed by atoms with Gasteiger partial charge in [0.2, 0.25) is 0 Å². The number of nitrogens with zero attached hydrogens (tertiary/aromatic N) is 2. The molecule has 1 saturated heterocycles. The summed E-state index contributed by atoms with van der Waals surface area (Å²) in [6, 6.07) is 10.3. The van der Waals surface area contributed by atoms with Crippen molar-refractivity contribution >= 4 is 5.69 Å². The van der Waals surface area contributed by atoms with E-state index in [2.05, 4.69) is 67.3 Å². The van der Waals surface area contributed by atoms with Gasteiger partial charge in [-0.05, 0) is 58.1 Å². The van der Waals surface area contributed by atoms with Gasteiger partial charge in [0, 0.05) is 30.9 Å². The van der Waals surface area contributed by atoms with Crippen LogP contribution >= 0.6 is 0 Å². The molecule has 1 N–H and O–H groups in total. The normalized spacial score (nSPS) is 18.6. The average molecular weight is 275 g/mol. The van der Waals surface area contributed by atoms with Gasteiger partial charge in [-0.3, -0.25) is 0 Å². The Morgan fingerprint density at radius 1 is 1.20 bits per heavy atom. The molecular formula is C17H29N3. The fourth-order valence-electron chi connectivity index (χ4n) is 3.04. The molecule has 20 heavy (non-hydrogen) atoms. The minimum atomic E-state index is 0.438. The summed E-state index contributed by atoms with van der Waals surface area (Å²) in [7, 11) is 4.38. The van der Waals surface area contributed by atoms with Crippen molar-refractivity contribution in [3.63, 3.8) is 0 Å². The second-order valence-electron chi connectivity index (χ2n) is 6.05. The lowest BCUT2D eigenvalue weighted by Gasteiger charge is -2.36. The van der Waals surface area contributed by atoms with Crippen molar-refractivity contribution in [3.05, 3.63) is 29.8 Å². The zero-order valence-electron chi connectivity index (χ0n) is 13.4.